The summed E-state index contributed by atoms with van der Waals surface area (Å²) in [7, 11) is 0. The molecule has 2 N–H and O–H groups in total. The summed E-state index contributed by atoms with van der Waals surface area (Å²) in [6.45, 7) is 0.804. The van der Waals surface area contributed by atoms with E-state index in [-0.39, 0.29) is 17.8 Å². The number of amidine groups is 1. The number of amides is 1. The van der Waals surface area contributed by atoms with Crippen molar-refractivity contribution in [3.63, 3.8) is 0 Å². The van der Waals surface area contributed by atoms with Gasteiger partial charge < -0.3 is 15.4 Å². The van der Waals surface area contributed by atoms with Crippen LogP contribution >= 0.6 is 0 Å². The van der Waals surface area contributed by atoms with E-state index in [0.717, 1.165) is 29.7 Å². The number of carbonyl (C=O) groups excluding carboxylic acids is 1. The fourth-order valence-corrected chi connectivity index (χ4v) is 4.06. The molecule has 0 aromatic heterocycles. The van der Waals surface area contributed by atoms with Crippen LogP contribution in [0.1, 0.15) is 45.1 Å². The van der Waals surface area contributed by atoms with Crippen molar-refractivity contribution in [3.05, 3.63) is 100 Å². The molecule has 0 radical (unpaired) electrons. The average molecular weight is 415 g/mol. The van der Waals surface area contributed by atoms with Gasteiger partial charge in [-0.1, -0.05) is 30.3 Å². The van der Waals surface area contributed by atoms with Crippen molar-refractivity contribution in [2.75, 3.05) is 5.32 Å². The number of aliphatic imine (C=N–C) groups is 1. The summed E-state index contributed by atoms with van der Waals surface area (Å²) in [5.74, 6) is -0.600. The largest absolute Gasteiger partial charge is 0.460 e. The Bertz CT molecular complexity index is 1160. The zero-order chi connectivity index (χ0) is 21.2. The molecule has 1 aliphatic heterocycles. The standard InChI is InChI=1S/C25H22FN3O2/c26-20-9-6-18(7-10-20)24(30)27-14-16-5-11-22-19(13-16)15-31-25(28-22)29-23-12-8-17-3-1-2-4-21(17)23/h1-7,9-11,13,23H,8,12,14-15H2,(H,27,30)(H,28,29). The fourth-order valence-electron chi connectivity index (χ4n) is 4.06. The van der Waals surface area contributed by atoms with Gasteiger partial charge in [-0.15, -0.1) is 0 Å². The van der Waals surface area contributed by atoms with Crippen LogP contribution in [0, 0.1) is 5.82 Å². The number of ether oxygens (including phenoxy) is 1. The van der Waals surface area contributed by atoms with Gasteiger partial charge in [0.05, 0.1) is 6.04 Å². The lowest BCUT2D eigenvalue weighted by Gasteiger charge is -2.22. The number of halogens is 1. The topological polar surface area (TPSA) is 62.7 Å². The summed E-state index contributed by atoms with van der Waals surface area (Å²) < 4.78 is 18.9. The first-order valence-electron chi connectivity index (χ1n) is 10.4. The molecule has 1 unspecified atom stereocenters. The normalized spacial score (nSPS) is 18.0. The minimum absolute atomic E-state index is 0.126. The Kier molecular flexibility index (Phi) is 5.12. The van der Waals surface area contributed by atoms with E-state index in [9.17, 15) is 9.18 Å². The number of anilines is 1. The molecule has 0 spiro atoms. The average Bonchev–Trinajstić information content (AvgIpc) is 3.20. The third kappa shape index (κ3) is 4.14. The maximum absolute atomic E-state index is 13.0. The van der Waals surface area contributed by atoms with Gasteiger partial charge in [0, 0.05) is 23.4 Å². The van der Waals surface area contributed by atoms with Crippen LogP contribution in [0.3, 0.4) is 0 Å². The number of rotatable bonds is 4. The van der Waals surface area contributed by atoms with E-state index in [0.29, 0.717) is 24.7 Å². The van der Waals surface area contributed by atoms with E-state index in [1.165, 1.54) is 35.4 Å². The third-order valence-corrected chi connectivity index (χ3v) is 5.71. The van der Waals surface area contributed by atoms with Crippen LogP contribution in [0.2, 0.25) is 0 Å². The van der Waals surface area contributed by atoms with E-state index in [4.69, 9.17) is 9.73 Å². The lowest BCUT2D eigenvalue weighted by atomic mass is 10.1. The molecule has 6 heteroatoms. The molecule has 3 aromatic rings. The lowest BCUT2D eigenvalue weighted by Crippen LogP contribution is -2.25. The van der Waals surface area contributed by atoms with Gasteiger partial charge in [-0.05, 0) is 65.9 Å². The Morgan fingerprint density at radius 3 is 2.81 bits per heavy atom. The number of benzene rings is 3. The molecule has 0 saturated heterocycles. The van der Waals surface area contributed by atoms with E-state index < -0.39 is 0 Å². The van der Waals surface area contributed by atoms with Crippen molar-refractivity contribution < 1.29 is 13.9 Å². The van der Waals surface area contributed by atoms with Gasteiger partial charge in [0.2, 0.25) is 0 Å². The van der Waals surface area contributed by atoms with Crippen molar-refractivity contribution in [3.8, 4) is 0 Å². The van der Waals surface area contributed by atoms with Gasteiger partial charge in [0.15, 0.2) is 0 Å². The number of nitrogens with one attached hydrogen (secondary N) is 2. The maximum Gasteiger partial charge on any atom is 0.290 e. The van der Waals surface area contributed by atoms with E-state index >= 15 is 0 Å². The van der Waals surface area contributed by atoms with Crippen LogP contribution in [-0.2, 0) is 24.3 Å². The predicted molar refractivity (Wildman–Crippen MR) is 117 cm³/mol. The molecule has 1 atom stereocenters. The van der Waals surface area contributed by atoms with E-state index in [2.05, 4.69) is 34.9 Å². The molecule has 0 bridgehead atoms. The van der Waals surface area contributed by atoms with Crippen LogP contribution in [0.15, 0.2) is 71.7 Å². The Morgan fingerprint density at radius 2 is 1.94 bits per heavy atom. The highest BCUT2D eigenvalue weighted by Gasteiger charge is 2.23. The molecular weight excluding hydrogens is 393 g/mol. The maximum atomic E-state index is 13.0. The van der Waals surface area contributed by atoms with Gasteiger partial charge in [-0.3, -0.25) is 4.79 Å². The number of nitrogens with zero attached hydrogens (tertiary/aromatic N) is 1. The van der Waals surface area contributed by atoms with E-state index in [1.54, 1.807) is 0 Å². The quantitative estimate of drug-likeness (QED) is 0.647. The Morgan fingerprint density at radius 1 is 1.10 bits per heavy atom. The smallest absolute Gasteiger partial charge is 0.290 e. The van der Waals surface area contributed by atoms with Gasteiger partial charge >= 0.3 is 0 Å². The molecule has 1 heterocycles. The fraction of sp³-hybridized carbons (Fsp3) is 0.200. The second-order valence-corrected chi connectivity index (χ2v) is 7.78. The molecule has 5 rings (SSSR count). The van der Waals surface area contributed by atoms with Gasteiger partial charge in [-0.25, -0.2) is 9.38 Å². The molecule has 156 valence electrons. The lowest BCUT2D eigenvalue weighted by molar-refractivity contribution is 0.0951. The van der Waals surface area contributed by atoms with Crippen LogP contribution in [-0.4, -0.2) is 11.9 Å². The molecule has 5 nitrogen and oxygen atoms in total. The monoisotopic (exact) mass is 415 g/mol. The molecule has 1 amide bonds. The highest BCUT2D eigenvalue weighted by atomic mass is 19.1. The highest BCUT2D eigenvalue weighted by Crippen LogP contribution is 2.34. The zero-order valence-electron chi connectivity index (χ0n) is 16.9. The predicted octanol–water partition coefficient (Wildman–Crippen LogP) is 4.74. The first-order valence-corrected chi connectivity index (χ1v) is 10.4. The second kappa shape index (κ2) is 8.22. The summed E-state index contributed by atoms with van der Waals surface area (Å²) in [6.07, 6.45) is 2.04. The van der Waals surface area contributed by atoms with Crippen molar-refractivity contribution >= 4 is 17.6 Å². The number of hydrogen-bond donors (Lipinski definition) is 2. The van der Waals surface area contributed by atoms with Crippen molar-refractivity contribution in [1.29, 1.82) is 0 Å². The third-order valence-electron chi connectivity index (χ3n) is 5.71. The van der Waals surface area contributed by atoms with Gasteiger partial charge in [0.1, 0.15) is 12.4 Å². The number of aryl methyl sites for hydroxylation is 1. The number of fused-ring (bicyclic) bond motifs is 2. The highest BCUT2D eigenvalue weighted by molar-refractivity contribution is 5.94. The molecule has 0 saturated carbocycles. The number of hydrogen-bond acceptors (Lipinski definition) is 3. The number of carbonyl (C=O) groups is 1. The molecule has 1 aliphatic carbocycles. The Labute approximate surface area is 180 Å². The summed E-state index contributed by atoms with van der Waals surface area (Å²) in [6, 6.07) is 20.6. The molecule has 2 aliphatic rings. The van der Waals surface area contributed by atoms with Crippen molar-refractivity contribution in [1.82, 2.24) is 5.32 Å². The first-order chi connectivity index (χ1) is 15.2. The van der Waals surface area contributed by atoms with Crippen molar-refractivity contribution in [2.24, 2.45) is 4.99 Å². The first kappa shape index (κ1) is 19.3. The van der Waals surface area contributed by atoms with Gasteiger partial charge in [0.25, 0.3) is 11.9 Å². The van der Waals surface area contributed by atoms with Crippen LogP contribution in [0.5, 0.6) is 0 Å². The summed E-state index contributed by atoms with van der Waals surface area (Å²) in [5.41, 5.74) is 6.01. The minimum atomic E-state index is -0.362. The Hall–Kier alpha value is -3.67. The minimum Gasteiger partial charge on any atom is -0.460 e. The van der Waals surface area contributed by atoms with Crippen molar-refractivity contribution in [2.45, 2.75) is 32.0 Å². The molecule has 31 heavy (non-hydrogen) atoms. The Balaban J connectivity index is 1.23. The molecule has 0 fully saturated rings. The van der Waals surface area contributed by atoms with Crippen LogP contribution < -0.4 is 10.6 Å². The summed E-state index contributed by atoms with van der Waals surface area (Å²) in [4.78, 5) is 17.0. The van der Waals surface area contributed by atoms with Gasteiger partial charge in [-0.2, -0.15) is 0 Å². The summed E-state index contributed by atoms with van der Waals surface area (Å²) in [5, 5.41) is 6.14. The second-order valence-electron chi connectivity index (χ2n) is 7.78. The summed E-state index contributed by atoms with van der Waals surface area (Å²) >= 11 is 0. The molecule has 3 aromatic carbocycles. The van der Waals surface area contributed by atoms with E-state index in [1.807, 2.05) is 18.2 Å². The SMILES string of the molecule is O=C(NCc1ccc2c(c1)COC(=NC1CCc3ccccc31)N2)c1ccc(F)cc1. The molecular formula is C25H22FN3O2. The van der Waals surface area contributed by atoms with Crippen LogP contribution in [0.4, 0.5) is 10.1 Å². The zero-order valence-corrected chi connectivity index (χ0v) is 16.9. The van der Waals surface area contributed by atoms with Crippen LogP contribution in [0.25, 0.3) is 0 Å².